The van der Waals surface area contributed by atoms with Crippen molar-refractivity contribution in [2.45, 2.75) is 13.5 Å². The van der Waals surface area contributed by atoms with Crippen LogP contribution in [0.15, 0.2) is 73.6 Å². The van der Waals surface area contributed by atoms with Gasteiger partial charge in [-0.15, -0.1) is 0 Å². The number of hydrogen-bond acceptors (Lipinski definition) is 4. The van der Waals surface area contributed by atoms with Gasteiger partial charge in [-0.1, -0.05) is 36.9 Å². The van der Waals surface area contributed by atoms with Crippen LogP contribution in [0.25, 0.3) is 28.2 Å². The Bertz CT molecular complexity index is 1220. The summed E-state index contributed by atoms with van der Waals surface area (Å²) >= 11 is 0. The lowest BCUT2D eigenvalue weighted by Gasteiger charge is -2.11. The molecule has 0 aliphatic carbocycles. The van der Waals surface area contributed by atoms with Crippen molar-refractivity contribution < 1.29 is 14.3 Å². The maximum atomic E-state index is 11.9. The van der Waals surface area contributed by atoms with Crippen LogP contribution < -0.4 is 4.74 Å². The van der Waals surface area contributed by atoms with E-state index in [9.17, 15) is 4.79 Å². The number of nitrogens with zero attached hydrogens (tertiary/aromatic N) is 2. The molecule has 0 spiro atoms. The number of carbonyl (C=O) groups is 1. The van der Waals surface area contributed by atoms with Crippen LogP contribution in [0, 0.1) is 0 Å². The molecule has 4 rings (SSSR count). The fourth-order valence-corrected chi connectivity index (χ4v) is 3.67. The molecule has 5 nitrogen and oxygen atoms in total. The van der Waals surface area contributed by atoms with Gasteiger partial charge in [-0.3, -0.25) is 4.98 Å². The van der Waals surface area contributed by atoms with E-state index < -0.39 is 0 Å². The number of methoxy groups -OCH3 is 1. The lowest BCUT2D eigenvalue weighted by molar-refractivity contribution is 0.0526. The fourth-order valence-electron chi connectivity index (χ4n) is 3.67. The monoisotopic (exact) mass is 412 g/mol. The summed E-state index contributed by atoms with van der Waals surface area (Å²) in [4.78, 5) is 16.6. The first-order valence-corrected chi connectivity index (χ1v) is 10.2. The summed E-state index contributed by atoms with van der Waals surface area (Å²) in [5.41, 5.74) is 5.55. The topological polar surface area (TPSA) is 53.3 Å². The highest BCUT2D eigenvalue weighted by molar-refractivity contribution is 5.98. The summed E-state index contributed by atoms with van der Waals surface area (Å²) in [7, 11) is 1.67. The number of ether oxygens (including phenoxy) is 2. The Balaban J connectivity index is 1.73. The molecule has 4 aromatic rings. The number of pyridine rings is 1. The molecule has 2 aromatic heterocycles. The molecule has 156 valence electrons. The molecule has 0 N–H and O–H groups in total. The Morgan fingerprint density at radius 2 is 1.84 bits per heavy atom. The summed E-state index contributed by atoms with van der Waals surface area (Å²) in [6.07, 6.45) is 5.74. The average Bonchev–Trinajstić information content (AvgIpc) is 3.23. The molecule has 31 heavy (non-hydrogen) atoms. The minimum Gasteiger partial charge on any atom is -0.497 e. The Kier molecular flexibility index (Phi) is 5.85. The Morgan fingerprint density at radius 3 is 2.48 bits per heavy atom. The Hall–Kier alpha value is -3.86. The number of hydrogen-bond donors (Lipinski definition) is 0. The third-order valence-electron chi connectivity index (χ3n) is 5.23. The molecule has 0 radical (unpaired) electrons. The molecule has 2 aromatic carbocycles. The van der Waals surface area contributed by atoms with Crippen LogP contribution >= 0.6 is 0 Å². The van der Waals surface area contributed by atoms with Gasteiger partial charge in [0.05, 0.1) is 30.5 Å². The van der Waals surface area contributed by atoms with Gasteiger partial charge in [0, 0.05) is 35.5 Å². The van der Waals surface area contributed by atoms with Gasteiger partial charge in [-0.05, 0) is 42.8 Å². The van der Waals surface area contributed by atoms with E-state index in [4.69, 9.17) is 9.47 Å². The highest BCUT2D eigenvalue weighted by atomic mass is 16.5. The largest absolute Gasteiger partial charge is 0.497 e. The zero-order valence-electron chi connectivity index (χ0n) is 17.7. The molecule has 0 saturated carbocycles. The molecule has 5 heteroatoms. The minimum absolute atomic E-state index is 0.320. The van der Waals surface area contributed by atoms with Crippen molar-refractivity contribution in [2.24, 2.45) is 0 Å². The van der Waals surface area contributed by atoms with Crippen molar-refractivity contribution in [1.29, 1.82) is 0 Å². The molecule has 0 unspecified atom stereocenters. The number of aromatic nitrogens is 2. The van der Waals surface area contributed by atoms with Crippen molar-refractivity contribution in [2.75, 3.05) is 13.7 Å². The van der Waals surface area contributed by atoms with Crippen molar-refractivity contribution in [3.05, 3.63) is 90.3 Å². The quantitative estimate of drug-likeness (QED) is 0.372. The zero-order chi connectivity index (χ0) is 21.8. The van der Waals surface area contributed by atoms with Gasteiger partial charge in [-0.2, -0.15) is 0 Å². The SMILES string of the molecule is C=Cc1cnc(-c2ccc(C(=O)OCC)cc2)c2ccn(Cc3ccc(OC)cc3)c12. The van der Waals surface area contributed by atoms with Gasteiger partial charge in [0.15, 0.2) is 0 Å². The van der Waals surface area contributed by atoms with E-state index in [1.54, 1.807) is 26.2 Å². The molecule has 0 atom stereocenters. The summed E-state index contributed by atoms with van der Waals surface area (Å²) < 4.78 is 12.5. The van der Waals surface area contributed by atoms with Crippen LogP contribution in [0.3, 0.4) is 0 Å². The van der Waals surface area contributed by atoms with E-state index in [1.807, 2.05) is 36.5 Å². The van der Waals surface area contributed by atoms with Gasteiger partial charge < -0.3 is 14.0 Å². The number of benzene rings is 2. The molecule has 0 bridgehead atoms. The Labute approximate surface area is 181 Å². The van der Waals surface area contributed by atoms with E-state index >= 15 is 0 Å². The maximum Gasteiger partial charge on any atom is 0.338 e. The van der Waals surface area contributed by atoms with E-state index in [0.717, 1.165) is 40.0 Å². The lowest BCUT2D eigenvalue weighted by atomic mass is 10.0. The maximum absolute atomic E-state index is 11.9. The second kappa shape index (κ2) is 8.88. The van der Waals surface area contributed by atoms with Crippen molar-refractivity contribution >= 4 is 22.9 Å². The predicted octanol–water partition coefficient (Wildman–Crippen LogP) is 5.58. The van der Waals surface area contributed by atoms with Gasteiger partial charge in [0.2, 0.25) is 0 Å². The van der Waals surface area contributed by atoms with Gasteiger partial charge in [0.25, 0.3) is 0 Å². The first kappa shape index (κ1) is 20.4. The summed E-state index contributed by atoms with van der Waals surface area (Å²) in [5.74, 6) is 0.519. The van der Waals surface area contributed by atoms with E-state index in [-0.39, 0.29) is 5.97 Å². The van der Waals surface area contributed by atoms with E-state index in [0.29, 0.717) is 12.2 Å². The predicted molar refractivity (Wildman–Crippen MR) is 123 cm³/mol. The Morgan fingerprint density at radius 1 is 1.10 bits per heavy atom. The molecule has 0 aliphatic rings. The normalized spacial score (nSPS) is 10.8. The number of fused-ring (bicyclic) bond motifs is 1. The van der Waals surface area contributed by atoms with Crippen LogP contribution in [-0.2, 0) is 11.3 Å². The molecule has 0 fully saturated rings. The fraction of sp³-hybridized carbons (Fsp3) is 0.154. The molecule has 2 heterocycles. The number of carbonyl (C=O) groups excluding carboxylic acids is 1. The van der Waals surface area contributed by atoms with Crippen molar-refractivity contribution in [3.8, 4) is 17.0 Å². The van der Waals surface area contributed by atoms with Crippen LogP contribution in [0.5, 0.6) is 5.75 Å². The highest BCUT2D eigenvalue weighted by Crippen LogP contribution is 2.31. The van der Waals surface area contributed by atoms with Gasteiger partial charge >= 0.3 is 5.97 Å². The van der Waals surface area contributed by atoms with Crippen LogP contribution in [0.1, 0.15) is 28.4 Å². The second-order valence-corrected chi connectivity index (χ2v) is 7.12. The van der Waals surface area contributed by atoms with Crippen molar-refractivity contribution in [1.82, 2.24) is 9.55 Å². The lowest BCUT2D eigenvalue weighted by Crippen LogP contribution is -2.04. The minimum atomic E-state index is -0.320. The molecule has 0 aliphatic heterocycles. The molecular weight excluding hydrogens is 388 g/mol. The summed E-state index contributed by atoms with van der Waals surface area (Å²) in [6, 6.07) is 17.5. The number of rotatable bonds is 7. The summed E-state index contributed by atoms with van der Waals surface area (Å²) in [6.45, 7) is 6.83. The average molecular weight is 412 g/mol. The zero-order valence-corrected chi connectivity index (χ0v) is 17.7. The highest BCUT2D eigenvalue weighted by Gasteiger charge is 2.14. The molecule has 0 saturated heterocycles. The molecular formula is C26H24N2O3. The first-order chi connectivity index (χ1) is 15.1. The van der Waals surface area contributed by atoms with Crippen LogP contribution in [0.4, 0.5) is 0 Å². The van der Waals surface area contributed by atoms with Gasteiger partial charge in [-0.25, -0.2) is 4.79 Å². The van der Waals surface area contributed by atoms with E-state index in [1.165, 1.54) is 5.56 Å². The second-order valence-electron chi connectivity index (χ2n) is 7.12. The molecule has 0 amide bonds. The smallest absolute Gasteiger partial charge is 0.338 e. The van der Waals surface area contributed by atoms with Crippen LogP contribution in [-0.4, -0.2) is 29.2 Å². The van der Waals surface area contributed by atoms with Crippen molar-refractivity contribution in [3.63, 3.8) is 0 Å². The first-order valence-electron chi connectivity index (χ1n) is 10.2. The van der Waals surface area contributed by atoms with Crippen LogP contribution in [0.2, 0.25) is 0 Å². The standard InChI is InChI=1S/C26H24N2O3/c1-4-19-16-27-24(20-8-10-21(11-9-20)26(29)31-5-2)23-14-15-28(25(19)23)17-18-6-12-22(30-3)13-7-18/h4,6-16H,1,5,17H2,2-3H3. The van der Waals surface area contributed by atoms with E-state index in [2.05, 4.69) is 40.5 Å². The third kappa shape index (κ3) is 4.08. The van der Waals surface area contributed by atoms with Gasteiger partial charge in [0.1, 0.15) is 5.75 Å². The summed E-state index contributed by atoms with van der Waals surface area (Å²) in [5, 5.41) is 1.04. The third-order valence-corrected chi connectivity index (χ3v) is 5.23. The number of esters is 1.